The van der Waals surface area contributed by atoms with Gasteiger partial charge in [0.2, 0.25) is 0 Å². The SMILES string of the molecule is O=C(/C=C/c1ccc(O)cc1O)c1ccc2c3c(cccc13)CC2. The van der Waals surface area contributed by atoms with E-state index in [4.69, 9.17) is 0 Å². The van der Waals surface area contributed by atoms with Crippen LogP contribution in [0.5, 0.6) is 11.5 Å². The lowest BCUT2D eigenvalue weighted by Crippen LogP contribution is -1.96. The quantitative estimate of drug-likeness (QED) is 0.561. The zero-order chi connectivity index (χ0) is 16.7. The fraction of sp³-hybridized carbons (Fsp3) is 0.0952. The van der Waals surface area contributed by atoms with E-state index in [0.29, 0.717) is 11.1 Å². The Morgan fingerprint density at radius 2 is 1.75 bits per heavy atom. The number of phenols is 2. The number of carbonyl (C=O) groups is 1. The van der Waals surface area contributed by atoms with Gasteiger partial charge in [0, 0.05) is 17.2 Å². The predicted molar refractivity (Wildman–Crippen MR) is 94.5 cm³/mol. The van der Waals surface area contributed by atoms with Gasteiger partial charge in [-0.3, -0.25) is 4.79 Å². The molecule has 0 fully saturated rings. The van der Waals surface area contributed by atoms with Crippen LogP contribution in [0.25, 0.3) is 16.8 Å². The van der Waals surface area contributed by atoms with Crippen molar-refractivity contribution in [3.63, 3.8) is 0 Å². The van der Waals surface area contributed by atoms with E-state index in [1.54, 1.807) is 12.1 Å². The number of ketones is 1. The van der Waals surface area contributed by atoms with Gasteiger partial charge in [0.15, 0.2) is 5.78 Å². The van der Waals surface area contributed by atoms with E-state index in [9.17, 15) is 15.0 Å². The predicted octanol–water partition coefficient (Wildman–Crippen LogP) is 4.25. The van der Waals surface area contributed by atoms with Gasteiger partial charge in [-0.15, -0.1) is 0 Å². The van der Waals surface area contributed by atoms with Gasteiger partial charge in [0.25, 0.3) is 0 Å². The van der Waals surface area contributed by atoms with Crippen LogP contribution in [-0.4, -0.2) is 16.0 Å². The lowest BCUT2D eigenvalue weighted by molar-refractivity contribution is 0.104. The van der Waals surface area contributed by atoms with Gasteiger partial charge in [0.1, 0.15) is 11.5 Å². The molecule has 118 valence electrons. The van der Waals surface area contributed by atoms with Gasteiger partial charge >= 0.3 is 0 Å². The van der Waals surface area contributed by atoms with Crippen LogP contribution in [0.3, 0.4) is 0 Å². The fourth-order valence-electron chi connectivity index (χ4n) is 3.39. The van der Waals surface area contributed by atoms with Gasteiger partial charge in [0.05, 0.1) is 0 Å². The molecule has 0 unspecified atom stereocenters. The monoisotopic (exact) mass is 316 g/mol. The highest BCUT2D eigenvalue weighted by atomic mass is 16.3. The molecular weight excluding hydrogens is 300 g/mol. The fourth-order valence-corrected chi connectivity index (χ4v) is 3.39. The average molecular weight is 316 g/mol. The number of rotatable bonds is 3. The summed E-state index contributed by atoms with van der Waals surface area (Å²) in [4.78, 5) is 12.6. The Morgan fingerprint density at radius 3 is 2.54 bits per heavy atom. The van der Waals surface area contributed by atoms with Crippen LogP contribution < -0.4 is 0 Å². The first kappa shape index (κ1) is 14.5. The minimum absolute atomic E-state index is 0.0107. The summed E-state index contributed by atoms with van der Waals surface area (Å²) in [5.74, 6) is -0.166. The molecule has 3 heteroatoms. The molecule has 3 aromatic rings. The maximum absolute atomic E-state index is 12.6. The number of aromatic hydroxyl groups is 2. The molecule has 0 heterocycles. The molecule has 0 bridgehead atoms. The highest BCUT2D eigenvalue weighted by Crippen LogP contribution is 2.33. The van der Waals surface area contributed by atoms with Crippen molar-refractivity contribution in [3.05, 3.63) is 76.9 Å². The van der Waals surface area contributed by atoms with E-state index in [0.717, 1.165) is 18.2 Å². The van der Waals surface area contributed by atoms with Gasteiger partial charge in [-0.05, 0) is 59.0 Å². The van der Waals surface area contributed by atoms with Crippen molar-refractivity contribution in [2.45, 2.75) is 12.8 Å². The molecule has 0 aromatic heterocycles. The molecule has 0 aliphatic heterocycles. The molecule has 0 spiro atoms. The summed E-state index contributed by atoms with van der Waals surface area (Å²) in [6, 6.07) is 14.3. The highest BCUT2D eigenvalue weighted by Gasteiger charge is 2.17. The largest absolute Gasteiger partial charge is 0.508 e. The third-order valence-electron chi connectivity index (χ3n) is 4.57. The summed E-state index contributed by atoms with van der Waals surface area (Å²) < 4.78 is 0. The topological polar surface area (TPSA) is 57.5 Å². The molecule has 0 saturated carbocycles. The van der Waals surface area contributed by atoms with Crippen LogP contribution in [0.2, 0.25) is 0 Å². The lowest BCUT2D eigenvalue weighted by atomic mass is 9.97. The van der Waals surface area contributed by atoms with Crippen LogP contribution in [-0.2, 0) is 12.8 Å². The second-order valence-corrected chi connectivity index (χ2v) is 6.05. The van der Waals surface area contributed by atoms with Crippen molar-refractivity contribution in [1.82, 2.24) is 0 Å². The van der Waals surface area contributed by atoms with E-state index in [1.807, 2.05) is 24.3 Å². The summed E-state index contributed by atoms with van der Waals surface area (Å²) in [5, 5.41) is 21.3. The number of hydrogen-bond donors (Lipinski definition) is 2. The molecule has 2 N–H and O–H groups in total. The second kappa shape index (κ2) is 5.53. The third kappa shape index (κ3) is 2.35. The summed E-state index contributed by atoms with van der Waals surface area (Å²) in [7, 11) is 0. The number of allylic oxidation sites excluding steroid dienone is 1. The van der Waals surface area contributed by atoms with Crippen LogP contribution in [0.1, 0.15) is 27.0 Å². The first-order valence-electron chi connectivity index (χ1n) is 7.91. The van der Waals surface area contributed by atoms with Crippen molar-refractivity contribution < 1.29 is 15.0 Å². The van der Waals surface area contributed by atoms with Crippen molar-refractivity contribution in [2.75, 3.05) is 0 Å². The molecule has 3 nitrogen and oxygen atoms in total. The average Bonchev–Trinajstić information content (AvgIpc) is 2.99. The van der Waals surface area contributed by atoms with E-state index < -0.39 is 0 Å². The minimum atomic E-state index is -0.0990. The molecule has 1 aliphatic rings. The van der Waals surface area contributed by atoms with Crippen LogP contribution in [0, 0.1) is 0 Å². The highest BCUT2D eigenvalue weighted by molar-refractivity contribution is 6.16. The van der Waals surface area contributed by atoms with Gasteiger partial charge in [-0.1, -0.05) is 30.3 Å². The maximum Gasteiger partial charge on any atom is 0.186 e. The standard InChI is InChI=1S/C21H16O3/c22-16-9-6-13(20(24)12-16)8-11-19(23)17-10-7-15-5-4-14-2-1-3-18(17)21(14)15/h1-3,6-12,22,24H,4-5H2/b11-8+. The Hall–Kier alpha value is -3.07. The molecule has 0 amide bonds. The molecule has 0 radical (unpaired) electrons. The molecular formula is C21H16O3. The minimum Gasteiger partial charge on any atom is -0.508 e. The second-order valence-electron chi connectivity index (χ2n) is 6.05. The van der Waals surface area contributed by atoms with Crippen molar-refractivity contribution >= 4 is 22.6 Å². The summed E-state index contributed by atoms with van der Waals surface area (Å²) in [6.07, 6.45) is 5.09. The van der Waals surface area contributed by atoms with Crippen LogP contribution >= 0.6 is 0 Å². The zero-order valence-electron chi connectivity index (χ0n) is 13.0. The summed E-state index contributed by atoms with van der Waals surface area (Å²) in [5.41, 5.74) is 3.77. The normalized spacial score (nSPS) is 13.0. The first-order chi connectivity index (χ1) is 11.6. The van der Waals surface area contributed by atoms with Crippen LogP contribution in [0.4, 0.5) is 0 Å². The molecule has 3 aromatic carbocycles. The van der Waals surface area contributed by atoms with Crippen LogP contribution in [0.15, 0.2) is 54.6 Å². The van der Waals surface area contributed by atoms with E-state index in [2.05, 4.69) is 6.07 Å². The maximum atomic E-state index is 12.6. The Morgan fingerprint density at radius 1 is 0.958 bits per heavy atom. The smallest absolute Gasteiger partial charge is 0.186 e. The molecule has 4 rings (SSSR count). The summed E-state index contributed by atoms with van der Waals surface area (Å²) >= 11 is 0. The lowest BCUT2D eigenvalue weighted by Gasteiger charge is -2.06. The zero-order valence-corrected chi connectivity index (χ0v) is 13.0. The molecule has 0 atom stereocenters. The summed E-state index contributed by atoms with van der Waals surface area (Å²) in [6.45, 7) is 0. The Balaban J connectivity index is 1.73. The molecule has 1 aliphatic carbocycles. The Labute approximate surface area is 139 Å². The van der Waals surface area contributed by atoms with Gasteiger partial charge in [-0.25, -0.2) is 0 Å². The third-order valence-corrected chi connectivity index (χ3v) is 4.57. The number of aryl methyl sites for hydroxylation is 2. The van der Waals surface area contributed by atoms with Gasteiger partial charge in [-0.2, -0.15) is 0 Å². The Bertz CT molecular complexity index is 989. The molecule has 0 saturated heterocycles. The number of phenolic OH excluding ortho intramolecular Hbond substituents is 2. The number of hydrogen-bond acceptors (Lipinski definition) is 3. The molecule has 24 heavy (non-hydrogen) atoms. The van der Waals surface area contributed by atoms with Gasteiger partial charge < -0.3 is 10.2 Å². The van der Waals surface area contributed by atoms with E-state index in [1.165, 1.54) is 34.7 Å². The van der Waals surface area contributed by atoms with Crippen molar-refractivity contribution in [2.24, 2.45) is 0 Å². The van der Waals surface area contributed by atoms with E-state index >= 15 is 0 Å². The Kier molecular flexibility index (Phi) is 3.35. The van der Waals surface area contributed by atoms with Crippen molar-refractivity contribution in [1.29, 1.82) is 0 Å². The first-order valence-corrected chi connectivity index (χ1v) is 7.91. The number of carbonyl (C=O) groups excluding carboxylic acids is 1. The van der Waals surface area contributed by atoms with Crippen molar-refractivity contribution in [3.8, 4) is 11.5 Å². The van der Waals surface area contributed by atoms with E-state index in [-0.39, 0.29) is 17.3 Å². The number of benzene rings is 3.